The number of rotatable bonds is 5. The molecule has 2 unspecified atom stereocenters. The molecule has 0 saturated heterocycles. The zero-order valence-corrected chi connectivity index (χ0v) is 12.3. The summed E-state index contributed by atoms with van der Waals surface area (Å²) >= 11 is 0.861. The van der Waals surface area contributed by atoms with E-state index in [2.05, 4.69) is 0 Å². The summed E-state index contributed by atoms with van der Waals surface area (Å²) in [6.45, 7) is 1.30. The number of anilines is 1. The molecule has 0 aliphatic carbocycles. The van der Waals surface area contributed by atoms with Gasteiger partial charge in [-0.3, -0.25) is 4.79 Å². The third kappa shape index (κ3) is 4.85. The van der Waals surface area contributed by atoms with Crippen molar-refractivity contribution in [1.29, 1.82) is 0 Å². The molecule has 0 radical (unpaired) electrons. The van der Waals surface area contributed by atoms with E-state index in [1.807, 2.05) is 0 Å². The highest BCUT2D eigenvalue weighted by Gasteiger charge is 2.37. The fourth-order valence-corrected chi connectivity index (χ4v) is 2.43. The largest absolute Gasteiger partial charge is 0.416 e. The van der Waals surface area contributed by atoms with Crippen molar-refractivity contribution in [2.24, 2.45) is 0 Å². The van der Waals surface area contributed by atoms with Crippen LogP contribution in [0, 0.1) is 5.82 Å². The van der Waals surface area contributed by atoms with Crippen LogP contribution in [0.25, 0.3) is 0 Å². The van der Waals surface area contributed by atoms with Crippen molar-refractivity contribution in [3.05, 3.63) is 29.1 Å². The molecule has 0 aliphatic heterocycles. The minimum atomic E-state index is -4.86. The number of benzene rings is 1. The predicted octanol–water partition coefficient (Wildman–Crippen LogP) is 2.49. The Kier molecular flexibility index (Phi) is 6.21. The van der Waals surface area contributed by atoms with Crippen LogP contribution in [0.2, 0.25) is 0 Å². The highest BCUT2D eigenvalue weighted by Crippen LogP contribution is 2.38. The van der Waals surface area contributed by atoms with E-state index in [0.29, 0.717) is 12.1 Å². The fraction of sp³-hybridized carbons (Fsp3) is 0.462. The molecule has 0 amide bonds. The molecule has 0 saturated carbocycles. The van der Waals surface area contributed by atoms with Crippen molar-refractivity contribution in [3.8, 4) is 0 Å². The topological polar surface area (TPSA) is 83.5 Å². The fourth-order valence-electron chi connectivity index (χ4n) is 1.78. The molecule has 1 rings (SSSR count). The van der Waals surface area contributed by atoms with Gasteiger partial charge < -0.3 is 15.9 Å². The lowest BCUT2D eigenvalue weighted by atomic mass is 9.96. The molecule has 9 heteroatoms. The van der Waals surface area contributed by atoms with Crippen LogP contribution in [-0.4, -0.2) is 27.2 Å². The van der Waals surface area contributed by atoms with Gasteiger partial charge in [-0.1, -0.05) is 11.8 Å². The minimum absolute atomic E-state index is 0.117. The van der Waals surface area contributed by atoms with Crippen LogP contribution in [-0.2, 0) is 11.0 Å². The Bertz CT molecular complexity index is 551. The first-order valence-corrected chi connectivity index (χ1v) is 7.18. The molecule has 2 atom stereocenters. The van der Waals surface area contributed by atoms with Crippen LogP contribution >= 0.6 is 11.8 Å². The lowest BCUT2D eigenvalue weighted by molar-refractivity contribution is -0.140. The van der Waals surface area contributed by atoms with Crippen LogP contribution in [0.4, 0.5) is 23.2 Å². The van der Waals surface area contributed by atoms with Crippen LogP contribution < -0.4 is 5.73 Å². The highest BCUT2D eigenvalue weighted by atomic mass is 32.2. The van der Waals surface area contributed by atoms with Crippen LogP contribution in [0.15, 0.2) is 12.1 Å². The van der Waals surface area contributed by atoms with E-state index in [-0.39, 0.29) is 17.3 Å². The summed E-state index contributed by atoms with van der Waals surface area (Å²) in [5, 5.41) is 19.4. The van der Waals surface area contributed by atoms with Gasteiger partial charge in [-0.2, -0.15) is 13.2 Å². The van der Waals surface area contributed by atoms with Crippen molar-refractivity contribution >= 4 is 22.6 Å². The maximum atomic E-state index is 13.4. The first kappa shape index (κ1) is 18.7. The second kappa shape index (κ2) is 7.30. The molecule has 0 spiro atoms. The summed E-state index contributed by atoms with van der Waals surface area (Å²) in [6.07, 6.45) is -8.50. The summed E-state index contributed by atoms with van der Waals surface area (Å²) in [7, 11) is 0. The molecule has 4 nitrogen and oxygen atoms in total. The Balaban J connectivity index is 3.03. The van der Waals surface area contributed by atoms with E-state index in [9.17, 15) is 32.6 Å². The number of hydrogen-bond acceptors (Lipinski definition) is 5. The molecule has 0 fully saturated rings. The van der Waals surface area contributed by atoms with Crippen LogP contribution in [0.5, 0.6) is 0 Å². The van der Waals surface area contributed by atoms with Gasteiger partial charge in [-0.05, 0) is 24.1 Å². The summed E-state index contributed by atoms with van der Waals surface area (Å²) in [5.74, 6) is -1.00. The van der Waals surface area contributed by atoms with E-state index in [1.165, 1.54) is 6.92 Å². The molecule has 124 valence electrons. The molecule has 0 bridgehead atoms. The number of carbonyl (C=O) groups excluding carboxylic acids is 1. The predicted molar refractivity (Wildman–Crippen MR) is 74.5 cm³/mol. The van der Waals surface area contributed by atoms with Crippen molar-refractivity contribution in [2.45, 2.75) is 31.7 Å². The molecular weight excluding hydrogens is 326 g/mol. The van der Waals surface area contributed by atoms with Crippen LogP contribution in [0.3, 0.4) is 0 Å². The number of alkyl halides is 3. The normalized spacial score (nSPS) is 14.7. The average Bonchev–Trinajstić information content (AvgIpc) is 2.38. The maximum absolute atomic E-state index is 13.4. The lowest BCUT2D eigenvalue weighted by Gasteiger charge is -2.22. The molecule has 0 aliphatic rings. The Morgan fingerprint density at radius 2 is 1.95 bits per heavy atom. The highest BCUT2D eigenvalue weighted by molar-refractivity contribution is 8.13. The summed E-state index contributed by atoms with van der Waals surface area (Å²) in [4.78, 5) is 10.7. The Morgan fingerprint density at radius 3 is 2.45 bits per heavy atom. The van der Waals surface area contributed by atoms with Gasteiger partial charge in [0.2, 0.25) is 0 Å². The van der Waals surface area contributed by atoms with E-state index in [4.69, 9.17) is 5.73 Å². The van der Waals surface area contributed by atoms with Gasteiger partial charge in [0, 0.05) is 12.7 Å². The number of aliphatic hydroxyl groups is 2. The van der Waals surface area contributed by atoms with Crippen molar-refractivity contribution in [2.75, 3.05) is 11.5 Å². The SMILES string of the molecule is CC(=O)SCCC(O)C(O)c1cc(F)c(N)cc1C(F)(F)F. The quantitative estimate of drug-likeness (QED) is 0.566. The monoisotopic (exact) mass is 341 g/mol. The third-order valence-corrected chi connectivity index (χ3v) is 3.72. The summed E-state index contributed by atoms with van der Waals surface area (Å²) < 4.78 is 52.2. The van der Waals surface area contributed by atoms with E-state index < -0.39 is 41.0 Å². The number of thioether (sulfide) groups is 1. The Labute approximate surface area is 128 Å². The number of hydrogen-bond donors (Lipinski definition) is 3. The zero-order valence-electron chi connectivity index (χ0n) is 11.5. The molecular formula is C13H15F4NO3S. The standard InChI is InChI=1S/C13H15F4NO3S/c1-6(19)22-3-2-11(20)12(21)7-4-9(14)10(18)5-8(7)13(15,16)17/h4-5,11-12,20-21H,2-3,18H2,1H3. The zero-order chi connectivity index (χ0) is 17.1. The van der Waals surface area contributed by atoms with Crippen LogP contribution in [0.1, 0.15) is 30.6 Å². The van der Waals surface area contributed by atoms with Gasteiger partial charge in [0.1, 0.15) is 11.9 Å². The second-order valence-electron chi connectivity index (χ2n) is 4.60. The van der Waals surface area contributed by atoms with Gasteiger partial charge in [-0.15, -0.1) is 0 Å². The molecule has 0 heterocycles. The van der Waals surface area contributed by atoms with Gasteiger partial charge in [0.05, 0.1) is 17.4 Å². The molecule has 22 heavy (non-hydrogen) atoms. The summed E-state index contributed by atoms with van der Waals surface area (Å²) in [6, 6.07) is 0.842. The van der Waals surface area contributed by atoms with Crippen molar-refractivity contribution in [1.82, 2.24) is 0 Å². The smallest absolute Gasteiger partial charge is 0.396 e. The van der Waals surface area contributed by atoms with Crippen molar-refractivity contribution in [3.63, 3.8) is 0 Å². The summed E-state index contributed by atoms with van der Waals surface area (Å²) in [5.41, 5.74) is 2.31. The van der Waals surface area contributed by atoms with E-state index in [0.717, 1.165) is 11.8 Å². The molecule has 1 aromatic rings. The van der Waals surface area contributed by atoms with Gasteiger partial charge >= 0.3 is 6.18 Å². The number of nitrogen functional groups attached to an aromatic ring is 1. The average molecular weight is 341 g/mol. The Morgan fingerprint density at radius 1 is 1.36 bits per heavy atom. The minimum Gasteiger partial charge on any atom is -0.396 e. The number of halogens is 4. The molecule has 1 aromatic carbocycles. The number of carbonyl (C=O) groups is 1. The molecule has 0 aromatic heterocycles. The van der Waals surface area contributed by atoms with E-state index >= 15 is 0 Å². The number of aliphatic hydroxyl groups excluding tert-OH is 2. The van der Waals surface area contributed by atoms with Gasteiger partial charge in [0.25, 0.3) is 0 Å². The maximum Gasteiger partial charge on any atom is 0.416 e. The van der Waals surface area contributed by atoms with Crippen molar-refractivity contribution < 1.29 is 32.6 Å². The number of nitrogens with two attached hydrogens (primary N) is 1. The Hall–Kier alpha value is -1.32. The lowest BCUT2D eigenvalue weighted by Crippen LogP contribution is -2.23. The van der Waals surface area contributed by atoms with Gasteiger partial charge in [-0.25, -0.2) is 4.39 Å². The van der Waals surface area contributed by atoms with Gasteiger partial charge in [0.15, 0.2) is 5.12 Å². The second-order valence-corrected chi connectivity index (χ2v) is 5.87. The first-order chi connectivity index (χ1) is 10.0. The van der Waals surface area contributed by atoms with E-state index in [1.54, 1.807) is 0 Å². The molecule has 4 N–H and O–H groups in total. The first-order valence-electron chi connectivity index (χ1n) is 6.19. The third-order valence-electron chi connectivity index (χ3n) is 2.88.